The highest BCUT2D eigenvalue weighted by atomic mass is 32.2. The molecule has 0 spiro atoms. The highest BCUT2D eigenvalue weighted by Gasteiger charge is 2.15. The zero-order valence-corrected chi connectivity index (χ0v) is 10.9. The van der Waals surface area contributed by atoms with Crippen LogP contribution in [0.2, 0.25) is 0 Å². The second-order valence-corrected chi connectivity index (χ2v) is 6.13. The van der Waals surface area contributed by atoms with Crippen LogP contribution < -0.4 is 10.1 Å². The van der Waals surface area contributed by atoms with E-state index in [0.29, 0.717) is 0 Å². The van der Waals surface area contributed by atoms with Gasteiger partial charge in [-0.3, -0.25) is 0 Å². The maximum absolute atomic E-state index is 5.93. The van der Waals surface area contributed by atoms with Gasteiger partial charge < -0.3 is 10.1 Å². The lowest BCUT2D eigenvalue weighted by atomic mass is 10.0. The minimum atomic E-state index is 0.766. The third kappa shape index (κ3) is 2.78. The summed E-state index contributed by atoms with van der Waals surface area (Å²) < 4.78 is 5.93. The van der Waals surface area contributed by atoms with Gasteiger partial charge in [-0.1, -0.05) is 6.07 Å². The van der Waals surface area contributed by atoms with Gasteiger partial charge in [-0.2, -0.15) is 11.8 Å². The Kier molecular flexibility index (Phi) is 3.57. The molecular weight excluding hydrogens is 230 g/mol. The van der Waals surface area contributed by atoms with Gasteiger partial charge in [0.1, 0.15) is 5.75 Å². The van der Waals surface area contributed by atoms with Crippen molar-refractivity contribution in [1.29, 1.82) is 0 Å². The molecule has 1 aromatic carbocycles. The molecule has 2 aliphatic rings. The van der Waals surface area contributed by atoms with E-state index in [9.17, 15) is 0 Å². The van der Waals surface area contributed by atoms with E-state index in [2.05, 4.69) is 35.3 Å². The summed E-state index contributed by atoms with van der Waals surface area (Å²) in [5.74, 6) is 4.43. The van der Waals surface area contributed by atoms with Crippen molar-refractivity contribution in [1.82, 2.24) is 5.32 Å². The number of nitrogens with one attached hydrogen (secondary N) is 1. The van der Waals surface area contributed by atoms with Crippen LogP contribution >= 0.6 is 11.8 Å². The first-order chi connectivity index (χ1) is 8.42. The number of fused-ring (bicyclic) bond motifs is 1. The Labute approximate surface area is 107 Å². The lowest BCUT2D eigenvalue weighted by molar-refractivity contribution is 0.240. The fraction of sp³-hybridized carbons (Fsp3) is 0.571. The predicted molar refractivity (Wildman–Crippen MR) is 72.5 cm³/mol. The summed E-state index contributed by atoms with van der Waals surface area (Å²) >= 11 is 2.07. The number of hydrogen-bond donors (Lipinski definition) is 1. The molecule has 3 heteroatoms. The number of ether oxygens (including phenoxy) is 1. The minimum absolute atomic E-state index is 0.766. The van der Waals surface area contributed by atoms with Crippen molar-refractivity contribution in [3.8, 4) is 5.75 Å². The Bertz CT molecular complexity index is 388. The molecule has 0 unspecified atom stereocenters. The zero-order chi connectivity index (χ0) is 11.5. The van der Waals surface area contributed by atoms with Crippen molar-refractivity contribution in [3.63, 3.8) is 0 Å². The molecular formula is C14H19NOS. The number of hydrogen-bond acceptors (Lipinski definition) is 3. The summed E-state index contributed by atoms with van der Waals surface area (Å²) in [5.41, 5.74) is 2.83. The Balaban J connectivity index is 1.57. The fourth-order valence-corrected chi connectivity index (χ4v) is 3.69. The van der Waals surface area contributed by atoms with Gasteiger partial charge in [0.25, 0.3) is 0 Å². The average molecular weight is 249 g/mol. The average Bonchev–Trinajstić information content (AvgIpc) is 2.85. The molecule has 3 rings (SSSR count). The molecule has 2 aliphatic heterocycles. The van der Waals surface area contributed by atoms with Gasteiger partial charge in [0.2, 0.25) is 0 Å². The Morgan fingerprint density at radius 2 is 2.00 bits per heavy atom. The van der Waals surface area contributed by atoms with Gasteiger partial charge >= 0.3 is 0 Å². The summed E-state index contributed by atoms with van der Waals surface area (Å²) in [5, 5.41) is 3.36. The number of rotatable bonds is 3. The maximum Gasteiger partial charge on any atom is 0.119 e. The van der Waals surface area contributed by atoms with Gasteiger partial charge in [0.15, 0.2) is 0 Å². The zero-order valence-electron chi connectivity index (χ0n) is 10.1. The molecule has 1 fully saturated rings. The summed E-state index contributed by atoms with van der Waals surface area (Å²) in [4.78, 5) is 0. The molecule has 2 nitrogen and oxygen atoms in total. The van der Waals surface area contributed by atoms with E-state index < -0.39 is 0 Å². The van der Waals surface area contributed by atoms with Gasteiger partial charge in [0, 0.05) is 13.1 Å². The SMILES string of the molecule is c1cc2c(cc1OCC1CCSCC1)CNC2. The Morgan fingerprint density at radius 3 is 2.88 bits per heavy atom. The van der Waals surface area contributed by atoms with Crippen LogP contribution in [-0.4, -0.2) is 18.1 Å². The third-order valence-corrected chi connectivity index (χ3v) is 4.68. The fourth-order valence-electron chi connectivity index (χ4n) is 2.49. The van der Waals surface area contributed by atoms with Crippen molar-refractivity contribution >= 4 is 11.8 Å². The number of benzene rings is 1. The van der Waals surface area contributed by atoms with Crippen molar-refractivity contribution in [2.75, 3.05) is 18.1 Å². The number of thioether (sulfide) groups is 1. The van der Waals surface area contributed by atoms with E-state index in [0.717, 1.165) is 31.4 Å². The predicted octanol–water partition coefficient (Wildman–Crippen LogP) is 2.81. The monoisotopic (exact) mass is 249 g/mol. The smallest absolute Gasteiger partial charge is 0.119 e. The first kappa shape index (κ1) is 11.4. The van der Waals surface area contributed by atoms with E-state index in [1.807, 2.05) is 0 Å². The summed E-state index contributed by atoms with van der Waals surface area (Å²) in [6.45, 7) is 2.90. The highest BCUT2D eigenvalue weighted by molar-refractivity contribution is 7.99. The molecule has 0 atom stereocenters. The third-order valence-electron chi connectivity index (χ3n) is 3.64. The van der Waals surface area contributed by atoms with Gasteiger partial charge in [-0.15, -0.1) is 0 Å². The van der Waals surface area contributed by atoms with E-state index in [1.165, 1.54) is 35.5 Å². The van der Waals surface area contributed by atoms with Crippen molar-refractivity contribution in [2.24, 2.45) is 5.92 Å². The lowest BCUT2D eigenvalue weighted by Gasteiger charge is -2.21. The molecule has 2 heterocycles. The molecule has 1 saturated heterocycles. The molecule has 0 amide bonds. The van der Waals surface area contributed by atoms with Crippen LogP contribution in [0.25, 0.3) is 0 Å². The van der Waals surface area contributed by atoms with Crippen molar-refractivity contribution in [3.05, 3.63) is 29.3 Å². The van der Waals surface area contributed by atoms with Crippen LogP contribution in [0.5, 0.6) is 5.75 Å². The first-order valence-corrected chi connectivity index (χ1v) is 7.60. The second-order valence-electron chi connectivity index (χ2n) is 4.90. The van der Waals surface area contributed by atoms with Crippen molar-refractivity contribution < 1.29 is 4.74 Å². The first-order valence-electron chi connectivity index (χ1n) is 6.45. The van der Waals surface area contributed by atoms with Crippen molar-refractivity contribution in [2.45, 2.75) is 25.9 Å². The summed E-state index contributed by atoms with van der Waals surface area (Å²) in [7, 11) is 0. The molecule has 92 valence electrons. The van der Waals surface area contributed by atoms with E-state index in [4.69, 9.17) is 4.74 Å². The topological polar surface area (TPSA) is 21.3 Å². The molecule has 0 radical (unpaired) electrons. The van der Waals surface area contributed by atoms with E-state index in [-0.39, 0.29) is 0 Å². The maximum atomic E-state index is 5.93. The van der Waals surface area contributed by atoms with Crippen LogP contribution in [0, 0.1) is 5.92 Å². The highest BCUT2D eigenvalue weighted by Crippen LogP contribution is 2.25. The summed E-state index contributed by atoms with van der Waals surface area (Å²) in [6, 6.07) is 6.51. The molecule has 0 aromatic heterocycles. The van der Waals surface area contributed by atoms with Crippen LogP contribution in [0.3, 0.4) is 0 Å². The minimum Gasteiger partial charge on any atom is -0.493 e. The van der Waals surface area contributed by atoms with Crippen LogP contribution in [0.4, 0.5) is 0 Å². The van der Waals surface area contributed by atoms with Gasteiger partial charge in [-0.05, 0) is 53.5 Å². The molecule has 1 aromatic rings. The van der Waals surface area contributed by atoms with Crippen LogP contribution in [-0.2, 0) is 13.1 Å². The molecule has 17 heavy (non-hydrogen) atoms. The van der Waals surface area contributed by atoms with Gasteiger partial charge in [-0.25, -0.2) is 0 Å². The molecule has 0 aliphatic carbocycles. The van der Waals surface area contributed by atoms with E-state index >= 15 is 0 Å². The van der Waals surface area contributed by atoms with Gasteiger partial charge in [0.05, 0.1) is 6.61 Å². The molecule has 0 bridgehead atoms. The standard InChI is InChI=1S/C14H19NOS/c1-2-14(7-13-9-15-8-12(1)13)16-10-11-3-5-17-6-4-11/h1-2,7,11,15H,3-6,8-10H2. The molecule has 1 N–H and O–H groups in total. The van der Waals surface area contributed by atoms with Crippen LogP contribution in [0.15, 0.2) is 18.2 Å². The second kappa shape index (κ2) is 5.32. The van der Waals surface area contributed by atoms with Crippen LogP contribution in [0.1, 0.15) is 24.0 Å². The molecule has 0 saturated carbocycles. The normalized spacial score (nSPS) is 20.2. The van der Waals surface area contributed by atoms with E-state index in [1.54, 1.807) is 0 Å². The summed E-state index contributed by atoms with van der Waals surface area (Å²) in [6.07, 6.45) is 2.63. The Hall–Kier alpha value is -0.670. The Morgan fingerprint density at radius 1 is 1.18 bits per heavy atom. The quantitative estimate of drug-likeness (QED) is 0.890. The lowest BCUT2D eigenvalue weighted by Crippen LogP contribution is -2.17. The largest absolute Gasteiger partial charge is 0.493 e.